The Bertz CT molecular complexity index is 206. The molecule has 0 bridgehead atoms. The van der Waals surface area contributed by atoms with Gasteiger partial charge in [-0.15, -0.1) is 0 Å². The second kappa shape index (κ2) is 6.05. The quantitative estimate of drug-likeness (QED) is 0.659. The van der Waals surface area contributed by atoms with Gasteiger partial charge >= 0.3 is 5.97 Å². The van der Waals surface area contributed by atoms with Crippen LogP contribution in [0, 0.1) is 0 Å². The van der Waals surface area contributed by atoms with Gasteiger partial charge in [0.15, 0.2) is 6.29 Å². The molecule has 1 aliphatic rings. The standard InChI is InChI=1S/C10H18O5/c1-2-3-9(12)14-6-8-7(11)4-5-10(13)15-8/h7-8,10-11,13H,2-6H2,1H3/t7-,8+,10-/m0/s1. The van der Waals surface area contributed by atoms with Crippen LogP contribution in [-0.4, -0.2) is 41.3 Å². The maximum absolute atomic E-state index is 11.1. The fourth-order valence-corrected chi connectivity index (χ4v) is 1.46. The van der Waals surface area contributed by atoms with Crippen molar-refractivity contribution in [1.29, 1.82) is 0 Å². The Morgan fingerprint density at radius 3 is 2.87 bits per heavy atom. The third-order valence-electron chi connectivity index (χ3n) is 2.33. The molecular weight excluding hydrogens is 200 g/mol. The zero-order chi connectivity index (χ0) is 11.3. The average molecular weight is 218 g/mol. The largest absolute Gasteiger partial charge is 0.463 e. The van der Waals surface area contributed by atoms with Gasteiger partial charge in [-0.2, -0.15) is 0 Å². The minimum absolute atomic E-state index is 0.0110. The Balaban J connectivity index is 2.27. The summed E-state index contributed by atoms with van der Waals surface area (Å²) in [5.74, 6) is -0.298. The number of ether oxygens (including phenoxy) is 2. The summed E-state index contributed by atoms with van der Waals surface area (Å²) < 4.78 is 9.96. The van der Waals surface area contributed by atoms with Crippen LogP contribution in [0.25, 0.3) is 0 Å². The van der Waals surface area contributed by atoms with Gasteiger partial charge in [-0.3, -0.25) is 4.79 Å². The Hall–Kier alpha value is -0.650. The molecule has 0 aromatic carbocycles. The predicted molar refractivity (Wildman–Crippen MR) is 52.0 cm³/mol. The first-order valence-electron chi connectivity index (χ1n) is 5.30. The molecule has 1 rings (SSSR count). The first-order valence-corrected chi connectivity index (χ1v) is 5.30. The zero-order valence-electron chi connectivity index (χ0n) is 8.89. The molecule has 0 unspecified atom stereocenters. The first kappa shape index (κ1) is 12.4. The normalized spacial score (nSPS) is 31.3. The number of aliphatic hydroxyl groups excluding tert-OH is 2. The van der Waals surface area contributed by atoms with E-state index in [4.69, 9.17) is 9.47 Å². The van der Waals surface area contributed by atoms with Crippen LogP contribution in [-0.2, 0) is 14.3 Å². The molecule has 0 spiro atoms. The molecule has 0 aromatic rings. The Morgan fingerprint density at radius 2 is 2.20 bits per heavy atom. The topological polar surface area (TPSA) is 76.0 Å². The average Bonchev–Trinajstić information content (AvgIpc) is 2.20. The lowest BCUT2D eigenvalue weighted by atomic mass is 10.1. The molecule has 0 aromatic heterocycles. The first-order chi connectivity index (χ1) is 7.13. The molecule has 15 heavy (non-hydrogen) atoms. The summed E-state index contributed by atoms with van der Waals surface area (Å²) in [6.45, 7) is 1.90. The maximum atomic E-state index is 11.1. The SMILES string of the molecule is CCCC(=O)OC[C@H]1O[C@H](O)CC[C@@H]1O. The van der Waals surface area contributed by atoms with E-state index >= 15 is 0 Å². The number of hydrogen-bond acceptors (Lipinski definition) is 5. The number of rotatable bonds is 4. The maximum Gasteiger partial charge on any atom is 0.305 e. The van der Waals surface area contributed by atoms with Crippen molar-refractivity contribution in [1.82, 2.24) is 0 Å². The van der Waals surface area contributed by atoms with E-state index < -0.39 is 18.5 Å². The summed E-state index contributed by atoms with van der Waals surface area (Å²) >= 11 is 0. The molecule has 2 N–H and O–H groups in total. The van der Waals surface area contributed by atoms with E-state index in [1.807, 2.05) is 6.92 Å². The van der Waals surface area contributed by atoms with Crippen LogP contribution in [0.1, 0.15) is 32.6 Å². The van der Waals surface area contributed by atoms with Crippen LogP contribution in [0.5, 0.6) is 0 Å². The Kier molecular flexibility index (Phi) is 5.01. The van der Waals surface area contributed by atoms with Gasteiger partial charge in [0.25, 0.3) is 0 Å². The van der Waals surface area contributed by atoms with E-state index in [-0.39, 0.29) is 12.6 Å². The number of carbonyl (C=O) groups is 1. The van der Waals surface area contributed by atoms with E-state index in [1.54, 1.807) is 0 Å². The van der Waals surface area contributed by atoms with Crippen molar-refractivity contribution in [2.45, 2.75) is 51.1 Å². The number of aliphatic hydroxyl groups is 2. The molecule has 0 aliphatic carbocycles. The summed E-state index contributed by atoms with van der Waals surface area (Å²) in [6, 6.07) is 0. The van der Waals surface area contributed by atoms with Crippen LogP contribution >= 0.6 is 0 Å². The lowest BCUT2D eigenvalue weighted by Gasteiger charge is -2.30. The summed E-state index contributed by atoms with van der Waals surface area (Å²) in [5, 5.41) is 18.7. The Morgan fingerprint density at radius 1 is 1.47 bits per heavy atom. The van der Waals surface area contributed by atoms with Crippen molar-refractivity contribution in [3.63, 3.8) is 0 Å². The summed E-state index contributed by atoms with van der Waals surface area (Å²) in [7, 11) is 0. The van der Waals surface area contributed by atoms with Crippen LogP contribution in [0.15, 0.2) is 0 Å². The minimum atomic E-state index is -0.858. The number of carbonyl (C=O) groups excluding carboxylic acids is 1. The molecular formula is C10H18O5. The van der Waals surface area contributed by atoms with Crippen LogP contribution in [0.4, 0.5) is 0 Å². The van der Waals surface area contributed by atoms with E-state index in [9.17, 15) is 15.0 Å². The van der Waals surface area contributed by atoms with Crippen molar-refractivity contribution in [2.75, 3.05) is 6.61 Å². The van der Waals surface area contributed by atoms with Crippen LogP contribution < -0.4 is 0 Å². The van der Waals surface area contributed by atoms with Crippen LogP contribution in [0.2, 0.25) is 0 Å². The van der Waals surface area contributed by atoms with Crippen LogP contribution in [0.3, 0.4) is 0 Å². The number of esters is 1. The summed E-state index contributed by atoms with van der Waals surface area (Å²) in [5.41, 5.74) is 0. The molecule has 1 fully saturated rings. The third-order valence-corrected chi connectivity index (χ3v) is 2.33. The fraction of sp³-hybridized carbons (Fsp3) is 0.900. The molecule has 1 saturated heterocycles. The van der Waals surface area contributed by atoms with Gasteiger partial charge in [-0.05, 0) is 12.8 Å². The van der Waals surface area contributed by atoms with Crippen molar-refractivity contribution in [2.24, 2.45) is 0 Å². The van der Waals surface area contributed by atoms with Gasteiger partial charge in [0, 0.05) is 12.8 Å². The van der Waals surface area contributed by atoms with Gasteiger partial charge in [0.05, 0.1) is 6.10 Å². The summed E-state index contributed by atoms with van der Waals surface area (Å²) in [6.07, 6.45) is -0.140. The lowest BCUT2D eigenvalue weighted by Crippen LogP contribution is -2.42. The predicted octanol–water partition coefficient (Wildman–Crippen LogP) is 0.188. The van der Waals surface area contributed by atoms with Crippen molar-refractivity contribution in [3.05, 3.63) is 0 Å². The van der Waals surface area contributed by atoms with Gasteiger partial charge in [-0.25, -0.2) is 0 Å². The highest BCUT2D eigenvalue weighted by molar-refractivity contribution is 5.69. The van der Waals surface area contributed by atoms with Crippen molar-refractivity contribution in [3.8, 4) is 0 Å². The molecule has 88 valence electrons. The molecule has 0 radical (unpaired) electrons. The van der Waals surface area contributed by atoms with Crippen molar-refractivity contribution >= 4 is 5.97 Å². The summed E-state index contributed by atoms with van der Waals surface area (Å²) in [4.78, 5) is 11.1. The van der Waals surface area contributed by atoms with Gasteiger partial charge in [-0.1, -0.05) is 6.92 Å². The third kappa shape index (κ3) is 4.15. The number of hydrogen-bond donors (Lipinski definition) is 2. The lowest BCUT2D eigenvalue weighted by molar-refractivity contribution is -0.212. The highest BCUT2D eigenvalue weighted by atomic mass is 16.6. The molecule has 1 heterocycles. The van der Waals surface area contributed by atoms with Gasteiger partial charge in [0.1, 0.15) is 12.7 Å². The molecule has 3 atom stereocenters. The molecule has 0 amide bonds. The highest BCUT2D eigenvalue weighted by Crippen LogP contribution is 2.18. The Labute approximate surface area is 89.0 Å². The van der Waals surface area contributed by atoms with E-state index in [0.717, 1.165) is 6.42 Å². The second-order valence-electron chi connectivity index (χ2n) is 3.71. The van der Waals surface area contributed by atoms with Gasteiger partial charge < -0.3 is 19.7 Å². The van der Waals surface area contributed by atoms with E-state index in [2.05, 4.69) is 0 Å². The molecule has 1 aliphatic heterocycles. The smallest absolute Gasteiger partial charge is 0.305 e. The van der Waals surface area contributed by atoms with Gasteiger partial charge in [0.2, 0.25) is 0 Å². The molecule has 5 nitrogen and oxygen atoms in total. The zero-order valence-corrected chi connectivity index (χ0v) is 8.89. The van der Waals surface area contributed by atoms with Crippen molar-refractivity contribution < 1.29 is 24.5 Å². The highest BCUT2D eigenvalue weighted by Gasteiger charge is 2.29. The molecule has 5 heteroatoms. The second-order valence-corrected chi connectivity index (χ2v) is 3.71. The monoisotopic (exact) mass is 218 g/mol. The minimum Gasteiger partial charge on any atom is -0.463 e. The molecule has 0 saturated carbocycles. The van der Waals surface area contributed by atoms with E-state index in [1.165, 1.54) is 0 Å². The fourth-order valence-electron chi connectivity index (χ4n) is 1.46. The van der Waals surface area contributed by atoms with E-state index in [0.29, 0.717) is 19.3 Å².